The van der Waals surface area contributed by atoms with Gasteiger partial charge in [0.25, 0.3) is 5.91 Å². The molecule has 0 radical (unpaired) electrons. The van der Waals surface area contributed by atoms with Gasteiger partial charge in [0, 0.05) is 11.9 Å². The average Bonchev–Trinajstić information content (AvgIpc) is 2.55. The number of anilines is 1. The number of hydrogen-bond donors (Lipinski definition) is 0. The molecule has 4 nitrogen and oxygen atoms in total. The van der Waals surface area contributed by atoms with Crippen LogP contribution < -0.4 is 5.01 Å². The largest absolute Gasteiger partial charge is 0.272 e. The minimum atomic E-state index is -0.161. The summed E-state index contributed by atoms with van der Waals surface area (Å²) in [6.45, 7) is 5.89. The second kappa shape index (κ2) is 4.45. The minimum absolute atomic E-state index is 0.0348. The second-order valence-corrected chi connectivity index (χ2v) is 4.78. The molecular formula is C12H14ClN3O. The summed E-state index contributed by atoms with van der Waals surface area (Å²) in [6, 6.07) is 3.48. The number of hydrazone groups is 1. The van der Waals surface area contributed by atoms with Gasteiger partial charge in [-0.15, -0.1) is 0 Å². The van der Waals surface area contributed by atoms with Crippen LogP contribution >= 0.6 is 11.6 Å². The number of rotatable bonds is 2. The molecule has 17 heavy (non-hydrogen) atoms. The molecule has 0 fully saturated rings. The summed E-state index contributed by atoms with van der Waals surface area (Å²) >= 11 is 5.97. The Morgan fingerprint density at radius 2 is 2.18 bits per heavy atom. The first-order chi connectivity index (χ1) is 8.02. The number of hydrogen-bond acceptors (Lipinski definition) is 3. The van der Waals surface area contributed by atoms with Crippen LogP contribution in [0.3, 0.4) is 0 Å². The summed E-state index contributed by atoms with van der Waals surface area (Å²) in [5, 5.41) is 5.93. The molecule has 1 atom stereocenters. The number of pyridine rings is 1. The maximum Gasteiger partial charge on any atom is 0.256 e. The molecule has 0 aliphatic carbocycles. The van der Waals surface area contributed by atoms with Gasteiger partial charge in [-0.3, -0.25) is 4.79 Å². The number of halogens is 1. The molecule has 2 heterocycles. The van der Waals surface area contributed by atoms with Crippen LogP contribution in [0, 0.1) is 11.8 Å². The lowest BCUT2D eigenvalue weighted by Crippen LogP contribution is -2.30. The molecule has 0 bridgehead atoms. The Hall–Kier alpha value is -1.42. The van der Waals surface area contributed by atoms with Crippen molar-refractivity contribution < 1.29 is 4.79 Å². The number of carbonyl (C=O) groups excluding carboxylic acids is 1. The van der Waals surface area contributed by atoms with Gasteiger partial charge in [-0.25, -0.2) is 4.98 Å². The number of nitrogens with zero attached hydrogens (tertiary/aromatic N) is 3. The van der Waals surface area contributed by atoms with Gasteiger partial charge in [0.2, 0.25) is 0 Å². The molecule has 1 unspecified atom stereocenters. The Kier molecular flexibility index (Phi) is 3.15. The zero-order valence-corrected chi connectivity index (χ0v) is 10.8. The molecule has 0 saturated carbocycles. The van der Waals surface area contributed by atoms with Crippen LogP contribution in [0.25, 0.3) is 0 Å². The maximum atomic E-state index is 12.2. The molecule has 0 spiro atoms. The van der Waals surface area contributed by atoms with E-state index in [1.807, 2.05) is 20.8 Å². The number of aromatic nitrogens is 1. The fourth-order valence-electron chi connectivity index (χ4n) is 2.06. The van der Waals surface area contributed by atoms with Gasteiger partial charge >= 0.3 is 0 Å². The van der Waals surface area contributed by atoms with Crippen molar-refractivity contribution in [1.82, 2.24) is 4.98 Å². The molecule has 1 aromatic heterocycles. The zero-order chi connectivity index (χ0) is 12.6. The molecule has 0 saturated heterocycles. The molecule has 90 valence electrons. The topological polar surface area (TPSA) is 45.6 Å². The molecule has 2 rings (SSSR count). The summed E-state index contributed by atoms with van der Waals surface area (Å²) in [4.78, 5) is 16.2. The highest BCUT2D eigenvalue weighted by molar-refractivity contribution is 6.33. The maximum absolute atomic E-state index is 12.2. The third-order valence-electron chi connectivity index (χ3n) is 2.82. The lowest BCUT2D eigenvalue weighted by molar-refractivity contribution is -0.120. The minimum Gasteiger partial charge on any atom is -0.272 e. The lowest BCUT2D eigenvalue weighted by Gasteiger charge is -2.16. The van der Waals surface area contributed by atoms with E-state index in [1.165, 1.54) is 5.01 Å². The van der Waals surface area contributed by atoms with Crippen LogP contribution in [0.1, 0.15) is 20.8 Å². The normalized spacial score (nSPS) is 20.1. The second-order valence-electron chi connectivity index (χ2n) is 4.43. The van der Waals surface area contributed by atoms with Crippen LogP contribution in [0.15, 0.2) is 23.4 Å². The Bertz CT molecular complexity index is 484. The molecule has 1 aliphatic heterocycles. The molecule has 5 heteroatoms. The van der Waals surface area contributed by atoms with Gasteiger partial charge in [-0.05, 0) is 25.0 Å². The van der Waals surface area contributed by atoms with Gasteiger partial charge in [-0.1, -0.05) is 25.4 Å². The Morgan fingerprint density at radius 1 is 1.47 bits per heavy atom. The summed E-state index contributed by atoms with van der Waals surface area (Å²) in [5.74, 6) is 0.0327. The van der Waals surface area contributed by atoms with E-state index in [2.05, 4.69) is 10.1 Å². The predicted octanol–water partition coefficient (Wildman–Crippen LogP) is 2.73. The van der Waals surface area contributed by atoms with Crippen molar-refractivity contribution in [3.63, 3.8) is 0 Å². The van der Waals surface area contributed by atoms with E-state index >= 15 is 0 Å². The van der Waals surface area contributed by atoms with E-state index in [1.54, 1.807) is 18.3 Å². The third-order valence-corrected chi connectivity index (χ3v) is 3.11. The van der Waals surface area contributed by atoms with Crippen molar-refractivity contribution in [3.05, 3.63) is 23.5 Å². The van der Waals surface area contributed by atoms with Crippen LogP contribution in [-0.4, -0.2) is 16.6 Å². The van der Waals surface area contributed by atoms with Gasteiger partial charge < -0.3 is 0 Å². The van der Waals surface area contributed by atoms with E-state index in [9.17, 15) is 4.79 Å². The smallest absolute Gasteiger partial charge is 0.256 e. The van der Waals surface area contributed by atoms with Gasteiger partial charge in [0.05, 0.1) is 5.92 Å². The summed E-state index contributed by atoms with van der Waals surface area (Å²) < 4.78 is 0. The Morgan fingerprint density at radius 3 is 2.71 bits per heavy atom. The van der Waals surface area contributed by atoms with Crippen molar-refractivity contribution in [1.29, 1.82) is 0 Å². The molecule has 0 aromatic carbocycles. The summed E-state index contributed by atoms with van der Waals surface area (Å²) in [7, 11) is 0. The van der Waals surface area contributed by atoms with Gasteiger partial charge in [0.1, 0.15) is 5.69 Å². The van der Waals surface area contributed by atoms with E-state index in [0.717, 1.165) is 5.71 Å². The highest BCUT2D eigenvalue weighted by atomic mass is 35.5. The van der Waals surface area contributed by atoms with Crippen molar-refractivity contribution in [2.24, 2.45) is 16.9 Å². The highest BCUT2D eigenvalue weighted by Crippen LogP contribution is 2.31. The summed E-state index contributed by atoms with van der Waals surface area (Å²) in [6.07, 6.45) is 1.59. The predicted molar refractivity (Wildman–Crippen MR) is 68.2 cm³/mol. The van der Waals surface area contributed by atoms with Crippen LogP contribution in [0.2, 0.25) is 5.15 Å². The van der Waals surface area contributed by atoms with Gasteiger partial charge in [-0.2, -0.15) is 10.1 Å². The van der Waals surface area contributed by atoms with Crippen molar-refractivity contribution >= 4 is 28.9 Å². The monoisotopic (exact) mass is 251 g/mol. The van der Waals surface area contributed by atoms with Crippen LogP contribution in [0.5, 0.6) is 0 Å². The van der Waals surface area contributed by atoms with E-state index < -0.39 is 0 Å². The zero-order valence-electron chi connectivity index (χ0n) is 10.0. The molecule has 1 aromatic rings. The molecule has 0 N–H and O–H groups in total. The lowest BCUT2D eigenvalue weighted by atomic mass is 9.92. The fourth-order valence-corrected chi connectivity index (χ4v) is 2.25. The average molecular weight is 252 g/mol. The fraction of sp³-hybridized carbons (Fsp3) is 0.417. The third kappa shape index (κ3) is 2.05. The van der Waals surface area contributed by atoms with Gasteiger partial charge in [0.15, 0.2) is 5.15 Å². The quantitative estimate of drug-likeness (QED) is 0.759. The van der Waals surface area contributed by atoms with E-state index in [-0.39, 0.29) is 17.7 Å². The molecule has 1 aliphatic rings. The highest BCUT2D eigenvalue weighted by Gasteiger charge is 2.37. The Labute approximate surface area is 105 Å². The van der Waals surface area contributed by atoms with E-state index in [4.69, 9.17) is 11.6 Å². The van der Waals surface area contributed by atoms with E-state index in [0.29, 0.717) is 10.8 Å². The first-order valence-electron chi connectivity index (χ1n) is 5.52. The number of amides is 1. The standard InChI is InChI=1S/C12H14ClN3O/c1-7(2)10-8(3)15-16(12(10)17)9-5-4-6-14-11(9)13/h4-7,10H,1-3H3. The van der Waals surface area contributed by atoms with Crippen LogP contribution in [0.4, 0.5) is 5.69 Å². The van der Waals surface area contributed by atoms with Crippen LogP contribution in [-0.2, 0) is 4.79 Å². The van der Waals surface area contributed by atoms with Crippen molar-refractivity contribution in [2.45, 2.75) is 20.8 Å². The first-order valence-corrected chi connectivity index (χ1v) is 5.89. The SMILES string of the molecule is CC1=NN(c2cccnc2Cl)C(=O)C1C(C)C. The molecular weight excluding hydrogens is 238 g/mol. The summed E-state index contributed by atoms with van der Waals surface area (Å²) in [5.41, 5.74) is 1.37. The Balaban J connectivity index is 2.38. The molecule has 1 amide bonds. The van der Waals surface area contributed by atoms with Crippen molar-refractivity contribution in [2.75, 3.05) is 5.01 Å². The number of carbonyl (C=O) groups is 1. The first kappa shape index (κ1) is 12.0. The van der Waals surface area contributed by atoms with Crippen molar-refractivity contribution in [3.8, 4) is 0 Å².